The van der Waals surface area contributed by atoms with Gasteiger partial charge in [-0.25, -0.2) is 9.78 Å². The van der Waals surface area contributed by atoms with Gasteiger partial charge >= 0.3 is 6.03 Å². The van der Waals surface area contributed by atoms with Crippen LogP contribution in [0.3, 0.4) is 0 Å². The number of ether oxygens (including phenoxy) is 2. The second-order valence-corrected chi connectivity index (χ2v) is 6.08. The number of urea groups is 1. The number of carbonyl (C=O) groups is 1. The van der Waals surface area contributed by atoms with Crippen molar-refractivity contribution in [2.75, 3.05) is 19.7 Å². The maximum atomic E-state index is 11.9. The number of rotatable bonds is 5. The average Bonchev–Trinajstić information content (AvgIpc) is 3.09. The van der Waals surface area contributed by atoms with Gasteiger partial charge in [0.1, 0.15) is 12.3 Å². The maximum Gasteiger partial charge on any atom is 0.314 e. The summed E-state index contributed by atoms with van der Waals surface area (Å²) < 4.78 is 13.4. The van der Waals surface area contributed by atoms with Gasteiger partial charge < -0.3 is 24.5 Å². The lowest BCUT2D eigenvalue weighted by Crippen LogP contribution is -2.44. The van der Waals surface area contributed by atoms with Gasteiger partial charge in [-0.05, 0) is 24.3 Å². The van der Waals surface area contributed by atoms with Gasteiger partial charge in [-0.2, -0.15) is 0 Å². The molecular weight excluding hydrogens is 332 g/mol. The Balaban J connectivity index is 1.20. The number of amides is 2. The normalized spacial score (nSPS) is 15.6. The topological polar surface area (TPSA) is 76.9 Å². The number of carbonyl (C=O) groups excluding carboxylic acids is 1. The van der Waals surface area contributed by atoms with E-state index in [1.54, 1.807) is 0 Å². The van der Waals surface area contributed by atoms with Crippen LogP contribution in [0, 0.1) is 0 Å². The third kappa shape index (κ3) is 3.72. The van der Waals surface area contributed by atoms with Crippen molar-refractivity contribution >= 4 is 11.7 Å². The van der Waals surface area contributed by atoms with Crippen LogP contribution in [0.5, 0.6) is 11.5 Å². The van der Waals surface area contributed by atoms with Gasteiger partial charge in [0.25, 0.3) is 0 Å². The molecule has 7 nitrogen and oxygen atoms in total. The first-order valence-electron chi connectivity index (χ1n) is 8.61. The number of nitrogens with zero attached hydrogens (tertiary/aromatic N) is 2. The highest BCUT2D eigenvalue weighted by atomic mass is 16.6. The van der Waals surface area contributed by atoms with Gasteiger partial charge in [0, 0.05) is 25.4 Å². The molecule has 3 heterocycles. The van der Waals surface area contributed by atoms with E-state index in [4.69, 9.17) is 9.47 Å². The largest absolute Gasteiger partial charge is 0.486 e. The second kappa shape index (κ2) is 7.35. The first kappa shape index (κ1) is 16.3. The smallest absolute Gasteiger partial charge is 0.314 e. The summed E-state index contributed by atoms with van der Waals surface area (Å²) in [6.45, 7) is 1.31. The molecule has 0 bridgehead atoms. The molecule has 0 aliphatic carbocycles. The summed E-state index contributed by atoms with van der Waals surface area (Å²) in [5.74, 6) is 1.44. The quantitative estimate of drug-likeness (QED) is 0.736. The summed E-state index contributed by atoms with van der Waals surface area (Å²) in [6.07, 6.45) is 4.40. The lowest BCUT2D eigenvalue weighted by atomic mass is 10.2. The number of fused-ring (bicyclic) bond motifs is 2. The SMILES string of the molecule is O=C(NCCc1cn2ccccc2n1)NCC1COc2ccccc2O1. The van der Waals surface area contributed by atoms with Gasteiger partial charge in [0.15, 0.2) is 17.6 Å². The van der Waals surface area contributed by atoms with E-state index in [1.807, 2.05) is 59.3 Å². The molecule has 1 aliphatic rings. The molecule has 134 valence electrons. The van der Waals surface area contributed by atoms with E-state index in [2.05, 4.69) is 15.6 Å². The fourth-order valence-corrected chi connectivity index (χ4v) is 2.84. The van der Waals surface area contributed by atoms with E-state index in [1.165, 1.54) is 0 Å². The molecule has 7 heteroatoms. The van der Waals surface area contributed by atoms with E-state index in [0.29, 0.717) is 31.9 Å². The molecule has 0 radical (unpaired) electrons. The lowest BCUT2D eigenvalue weighted by molar-refractivity contribution is 0.0918. The number of aromatic nitrogens is 2. The molecule has 2 amide bonds. The molecule has 0 saturated carbocycles. The molecule has 0 saturated heterocycles. The molecule has 1 atom stereocenters. The average molecular weight is 352 g/mol. The standard InChI is InChI=1S/C19H20N4O3/c24-19(20-9-8-14-12-23-10-4-3-7-18(23)22-14)21-11-15-13-25-16-5-1-2-6-17(16)26-15/h1-7,10,12,15H,8-9,11,13H2,(H2,20,21,24). The van der Waals surface area contributed by atoms with Gasteiger partial charge in [-0.1, -0.05) is 18.2 Å². The van der Waals surface area contributed by atoms with E-state index in [0.717, 1.165) is 17.1 Å². The number of pyridine rings is 1. The zero-order valence-corrected chi connectivity index (χ0v) is 14.2. The first-order valence-corrected chi connectivity index (χ1v) is 8.61. The van der Waals surface area contributed by atoms with Crippen LogP contribution >= 0.6 is 0 Å². The predicted molar refractivity (Wildman–Crippen MR) is 96.7 cm³/mol. The van der Waals surface area contributed by atoms with Gasteiger partial charge in [-0.3, -0.25) is 0 Å². The third-order valence-electron chi connectivity index (χ3n) is 4.14. The summed E-state index contributed by atoms with van der Waals surface area (Å²) in [6, 6.07) is 13.2. The number of para-hydroxylation sites is 2. The van der Waals surface area contributed by atoms with E-state index in [-0.39, 0.29) is 12.1 Å². The van der Waals surface area contributed by atoms with Crippen molar-refractivity contribution in [3.8, 4) is 11.5 Å². The zero-order chi connectivity index (χ0) is 17.8. The summed E-state index contributed by atoms with van der Waals surface area (Å²) in [5.41, 5.74) is 1.85. The number of hydrogen-bond acceptors (Lipinski definition) is 4. The Labute approximate surface area is 150 Å². The Bertz CT molecular complexity index is 875. The van der Waals surface area contributed by atoms with E-state index >= 15 is 0 Å². The van der Waals surface area contributed by atoms with Crippen LogP contribution in [0.4, 0.5) is 4.79 Å². The van der Waals surface area contributed by atoms with Crippen LogP contribution in [-0.4, -0.2) is 41.2 Å². The van der Waals surface area contributed by atoms with Crippen molar-refractivity contribution in [2.45, 2.75) is 12.5 Å². The molecule has 1 aromatic carbocycles. The van der Waals surface area contributed by atoms with Crippen molar-refractivity contribution in [1.29, 1.82) is 0 Å². The second-order valence-electron chi connectivity index (χ2n) is 6.08. The fourth-order valence-electron chi connectivity index (χ4n) is 2.84. The van der Waals surface area contributed by atoms with E-state index < -0.39 is 0 Å². The maximum absolute atomic E-state index is 11.9. The summed E-state index contributed by atoms with van der Waals surface area (Å²) in [7, 11) is 0. The van der Waals surface area contributed by atoms with Crippen LogP contribution in [0.15, 0.2) is 54.9 Å². The Hall–Kier alpha value is -3.22. The third-order valence-corrected chi connectivity index (χ3v) is 4.14. The van der Waals surface area contributed by atoms with Crippen LogP contribution in [0.2, 0.25) is 0 Å². The van der Waals surface area contributed by atoms with Crippen LogP contribution in [0.1, 0.15) is 5.69 Å². The Morgan fingerprint density at radius 1 is 1.15 bits per heavy atom. The number of imidazole rings is 1. The van der Waals surface area contributed by atoms with E-state index in [9.17, 15) is 4.79 Å². The molecular formula is C19H20N4O3. The molecule has 26 heavy (non-hydrogen) atoms. The molecule has 0 spiro atoms. The number of benzene rings is 1. The van der Waals surface area contributed by atoms with Gasteiger partial charge in [-0.15, -0.1) is 0 Å². The van der Waals surface area contributed by atoms with Gasteiger partial charge in [0.2, 0.25) is 0 Å². The molecule has 2 aromatic heterocycles. The molecule has 3 aromatic rings. The molecule has 1 aliphatic heterocycles. The number of nitrogens with one attached hydrogen (secondary N) is 2. The molecule has 1 unspecified atom stereocenters. The lowest BCUT2D eigenvalue weighted by Gasteiger charge is -2.26. The Kier molecular flexibility index (Phi) is 4.59. The monoisotopic (exact) mass is 352 g/mol. The minimum atomic E-state index is -0.226. The highest BCUT2D eigenvalue weighted by Crippen LogP contribution is 2.30. The van der Waals surface area contributed by atoms with Crippen molar-refractivity contribution < 1.29 is 14.3 Å². The minimum Gasteiger partial charge on any atom is -0.486 e. The highest BCUT2D eigenvalue weighted by molar-refractivity contribution is 5.73. The van der Waals surface area contributed by atoms with Crippen LogP contribution in [0.25, 0.3) is 5.65 Å². The highest BCUT2D eigenvalue weighted by Gasteiger charge is 2.20. The molecule has 2 N–H and O–H groups in total. The molecule has 4 rings (SSSR count). The summed E-state index contributed by atoms with van der Waals surface area (Å²) in [4.78, 5) is 16.5. The van der Waals surface area contributed by atoms with Crippen LogP contribution < -0.4 is 20.1 Å². The van der Waals surface area contributed by atoms with Crippen molar-refractivity contribution in [3.05, 3.63) is 60.6 Å². The van der Waals surface area contributed by atoms with Crippen LogP contribution in [-0.2, 0) is 6.42 Å². The minimum absolute atomic E-state index is 0.200. The summed E-state index contributed by atoms with van der Waals surface area (Å²) in [5, 5.41) is 5.65. The zero-order valence-electron chi connectivity index (χ0n) is 14.2. The Morgan fingerprint density at radius 2 is 2.00 bits per heavy atom. The predicted octanol–water partition coefficient (Wildman–Crippen LogP) is 2.02. The van der Waals surface area contributed by atoms with Gasteiger partial charge in [0.05, 0.1) is 12.2 Å². The fraction of sp³-hybridized carbons (Fsp3) is 0.263. The van der Waals surface area contributed by atoms with Crippen molar-refractivity contribution in [1.82, 2.24) is 20.0 Å². The Morgan fingerprint density at radius 3 is 2.88 bits per heavy atom. The number of hydrogen-bond donors (Lipinski definition) is 2. The van der Waals surface area contributed by atoms with Crippen molar-refractivity contribution in [3.63, 3.8) is 0 Å². The first-order chi connectivity index (χ1) is 12.8. The van der Waals surface area contributed by atoms with Crippen molar-refractivity contribution in [2.24, 2.45) is 0 Å². The summed E-state index contributed by atoms with van der Waals surface area (Å²) >= 11 is 0. The molecule has 0 fully saturated rings.